The van der Waals surface area contributed by atoms with Crippen molar-refractivity contribution < 1.29 is 9.59 Å². The summed E-state index contributed by atoms with van der Waals surface area (Å²) in [6.45, 7) is 0. The zero-order valence-corrected chi connectivity index (χ0v) is 15.8. The summed E-state index contributed by atoms with van der Waals surface area (Å²) in [6, 6.07) is 24.5. The van der Waals surface area contributed by atoms with Crippen molar-refractivity contribution >= 4 is 22.7 Å². The number of carbonyl (C=O) groups excluding carboxylic acids is 2. The van der Waals surface area contributed by atoms with Gasteiger partial charge in [0, 0.05) is 18.4 Å². The van der Waals surface area contributed by atoms with Crippen LogP contribution in [0, 0.1) is 0 Å². The Morgan fingerprint density at radius 2 is 1.59 bits per heavy atom. The van der Waals surface area contributed by atoms with Gasteiger partial charge in [0.05, 0.1) is 23.4 Å². The van der Waals surface area contributed by atoms with E-state index >= 15 is 0 Å². The van der Waals surface area contributed by atoms with Crippen LogP contribution in [0.3, 0.4) is 0 Å². The number of Topliss-reactive ketones (excluding diaryl/α,β-unsaturated/α-hetero) is 1. The van der Waals surface area contributed by atoms with Crippen LogP contribution < -0.4 is 5.32 Å². The van der Waals surface area contributed by atoms with Gasteiger partial charge in [-0.15, -0.1) is 0 Å². The lowest BCUT2D eigenvalue weighted by molar-refractivity contribution is -0.121. The van der Waals surface area contributed by atoms with Gasteiger partial charge in [-0.3, -0.25) is 9.59 Å². The summed E-state index contributed by atoms with van der Waals surface area (Å²) in [7, 11) is 0. The third kappa shape index (κ3) is 4.41. The first-order chi connectivity index (χ1) is 14.2. The Bertz CT molecular complexity index is 1120. The Morgan fingerprint density at radius 1 is 0.862 bits per heavy atom. The Hall–Kier alpha value is -3.73. The second-order valence-electron chi connectivity index (χ2n) is 6.88. The lowest BCUT2D eigenvalue weighted by atomic mass is 9.97. The summed E-state index contributed by atoms with van der Waals surface area (Å²) in [5, 5.41) is 3.09. The Morgan fingerprint density at radius 3 is 2.34 bits per heavy atom. The van der Waals surface area contributed by atoms with Crippen molar-refractivity contribution in [1.29, 1.82) is 0 Å². The van der Waals surface area contributed by atoms with Gasteiger partial charge in [-0.25, -0.2) is 4.98 Å². The van der Waals surface area contributed by atoms with Crippen molar-refractivity contribution in [1.82, 2.24) is 15.3 Å². The summed E-state index contributed by atoms with van der Waals surface area (Å²) >= 11 is 0. The fraction of sp³-hybridized carbons (Fsp3) is 0.125. The minimum atomic E-state index is -0.303. The highest BCUT2D eigenvalue weighted by molar-refractivity contribution is 5.98. The standard InChI is InChI=1S/C24H21N3O2/c28-22(17-7-3-1-4-8-17)13-14-23(29)27-24(18-9-5-2-6-10-18)19-11-12-20-21(15-19)26-16-25-20/h1-12,15-16,24H,13-14H2,(H,25,26)(H,27,29)/t24-/m1/s1. The second kappa shape index (κ2) is 8.52. The van der Waals surface area contributed by atoms with Gasteiger partial charge in [0.2, 0.25) is 5.91 Å². The molecule has 1 amide bonds. The van der Waals surface area contributed by atoms with Crippen LogP contribution in [-0.4, -0.2) is 21.7 Å². The van der Waals surface area contributed by atoms with Crippen molar-refractivity contribution in [3.05, 3.63) is 102 Å². The molecule has 0 unspecified atom stereocenters. The molecule has 144 valence electrons. The van der Waals surface area contributed by atoms with E-state index in [4.69, 9.17) is 0 Å². The molecule has 1 atom stereocenters. The number of fused-ring (bicyclic) bond motifs is 1. The Kier molecular flexibility index (Phi) is 5.47. The molecule has 0 aliphatic rings. The molecule has 0 radical (unpaired) electrons. The molecule has 0 fully saturated rings. The average molecular weight is 383 g/mol. The third-order valence-corrected chi connectivity index (χ3v) is 4.89. The molecule has 0 aliphatic heterocycles. The number of amides is 1. The molecule has 1 aromatic heterocycles. The van der Waals surface area contributed by atoms with Gasteiger partial charge in [-0.1, -0.05) is 66.7 Å². The minimum Gasteiger partial charge on any atom is -0.345 e. The van der Waals surface area contributed by atoms with Crippen LogP contribution in [0.15, 0.2) is 85.2 Å². The fourth-order valence-corrected chi connectivity index (χ4v) is 3.37. The van der Waals surface area contributed by atoms with E-state index < -0.39 is 0 Å². The molecular formula is C24H21N3O2. The van der Waals surface area contributed by atoms with Gasteiger partial charge in [0.15, 0.2) is 5.78 Å². The predicted octanol–water partition coefficient (Wildman–Crippen LogP) is 4.43. The van der Waals surface area contributed by atoms with Gasteiger partial charge in [0.25, 0.3) is 0 Å². The van der Waals surface area contributed by atoms with Crippen LogP contribution in [0.1, 0.15) is 40.4 Å². The lowest BCUT2D eigenvalue weighted by Gasteiger charge is -2.20. The molecule has 2 N–H and O–H groups in total. The van der Waals surface area contributed by atoms with E-state index in [1.54, 1.807) is 18.5 Å². The number of H-pyrrole nitrogens is 1. The monoisotopic (exact) mass is 383 g/mol. The largest absolute Gasteiger partial charge is 0.345 e. The van der Waals surface area contributed by atoms with Crippen LogP contribution in [-0.2, 0) is 4.79 Å². The summed E-state index contributed by atoms with van der Waals surface area (Å²) in [5.41, 5.74) is 4.35. The van der Waals surface area contributed by atoms with E-state index in [-0.39, 0.29) is 30.6 Å². The van der Waals surface area contributed by atoms with Crippen molar-refractivity contribution in [2.24, 2.45) is 0 Å². The van der Waals surface area contributed by atoms with Crippen LogP contribution in [0.4, 0.5) is 0 Å². The Balaban J connectivity index is 1.51. The topological polar surface area (TPSA) is 74.8 Å². The maximum Gasteiger partial charge on any atom is 0.221 e. The number of aromatic amines is 1. The highest BCUT2D eigenvalue weighted by atomic mass is 16.2. The predicted molar refractivity (Wildman–Crippen MR) is 113 cm³/mol. The van der Waals surface area contributed by atoms with E-state index in [2.05, 4.69) is 15.3 Å². The minimum absolute atomic E-state index is 0.0316. The first kappa shape index (κ1) is 18.6. The first-order valence-electron chi connectivity index (χ1n) is 9.56. The number of imidazole rings is 1. The number of aromatic nitrogens is 2. The van der Waals surface area contributed by atoms with Crippen molar-refractivity contribution in [3.8, 4) is 0 Å². The molecule has 0 spiro atoms. The molecule has 0 saturated carbocycles. The number of nitrogens with one attached hydrogen (secondary N) is 2. The highest BCUT2D eigenvalue weighted by Crippen LogP contribution is 2.25. The molecule has 0 bridgehead atoms. The smallest absolute Gasteiger partial charge is 0.221 e. The summed E-state index contributed by atoms with van der Waals surface area (Å²) < 4.78 is 0. The summed E-state index contributed by atoms with van der Waals surface area (Å²) in [4.78, 5) is 32.3. The van der Waals surface area contributed by atoms with Gasteiger partial charge in [-0.2, -0.15) is 0 Å². The number of rotatable bonds is 7. The van der Waals surface area contributed by atoms with Crippen molar-refractivity contribution in [2.75, 3.05) is 0 Å². The molecule has 5 heteroatoms. The zero-order chi connectivity index (χ0) is 20.1. The molecule has 4 rings (SSSR count). The fourth-order valence-electron chi connectivity index (χ4n) is 3.37. The van der Waals surface area contributed by atoms with Gasteiger partial charge >= 0.3 is 0 Å². The van der Waals surface area contributed by atoms with Crippen molar-refractivity contribution in [3.63, 3.8) is 0 Å². The number of nitrogens with zero attached hydrogens (tertiary/aromatic N) is 1. The second-order valence-corrected chi connectivity index (χ2v) is 6.88. The van der Waals surface area contributed by atoms with Gasteiger partial charge < -0.3 is 10.3 Å². The van der Waals surface area contributed by atoms with E-state index in [1.807, 2.05) is 66.7 Å². The van der Waals surface area contributed by atoms with Crippen LogP contribution >= 0.6 is 0 Å². The van der Waals surface area contributed by atoms with Crippen LogP contribution in [0.25, 0.3) is 11.0 Å². The maximum absolute atomic E-state index is 12.7. The third-order valence-electron chi connectivity index (χ3n) is 4.89. The highest BCUT2D eigenvalue weighted by Gasteiger charge is 2.18. The van der Waals surface area contributed by atoms with E-state index in [1.165, 1.54) is 0 Å². The molecule has 1 heterocycles. The average Bonchev–Trinajstić information content (AvgIpc) is 3.25. The molecule has 0 saturated heterocycles. The molecular weight excluding hydrogens is 362 g/mol. The van der Waals surface area contributed by atoms with Crippen molar-refractivity contribution in [2.45, 2.75) is 18.9 Å². The van der Waals surface area contributed by atoms with Gasteiger partial charge in [0.1, 0.15) is 0 Å². The molecule has 29 heavy (non-hydrogen) atoms. The Labute approximate surface area is 168 Å². The summed E-state index contributed by atoms with van der Waals surface area (Å²) in [5.74, 6) is -0.191. The number of hydrogen-bond acceptors (Lipinski definition) is 3. The quantitative estimate of drug-likeness (QED) is 0.464. The first-order valence-corrected chi connectivity index (χ1v) is 9.56. The van der Waals surface area contributed by atoms with Crippen LogP contribution in [0.5, 0.6) is 0 Å². The van der Waals surface area contributed by atoms with E-state index in [0.717, 1.165) is 22.2 Å². The normalized spacial score (nSPS) is 11.9. The number of hydrogen-bond donors (Lipinski definition) is 2. The van der Waals surface area contributed by atoms with Gasteiger partial charge in [-0.05, 0) is 23.3 Å². The van der Waals surface area contributed by atoms with E-state index in [9.17, 15) is 9.59 Å². The van der Waals surface area contributed by atoms with E-state index in [0.29, 0.717) is 5.56 Å². The summed E-state index contributed by atoms with van der Waals surface area (Å²) in [6.07, 6.45) is 1.97. The number of carbonyl (C=O) groups is 2. The number of ketones is 1. The zero-order valence-electron chi connectivity index (χ0n) is 15.8. The van der Waals surface area contributed by atoms with Crippen LogP contribution in [0.2, 0.25) is 0 Å². The SMILES string of the molecule is O=C(CCC(=O)c1ccccc1)N[C@H](c1ccccc1)c1ccc2nc[nH]c2c1. The maximum atomic E-state index is 12.7. The number of benzene rings is 3. The molecule has 4 aromatic rings. The molecule has 0 aliphatic carbocycles. The lowest BCUT2D eigenvalue weighted by Crippen LogP contribution is -2.29. The molecule has 3 aromatic carbocycles. The molecule has 5 nitrogen and oxygen atoms in total.